The summed E-state index contributed by atoms with van der Waals surface area (Å²) in [5.74, 6) is -1.70. The number of nitrogens with zero attached hydrogens (tertiary/aromatic N) is 1. The van der Waals surface area contributed by atoms with Crippen molar-refractivity contribution >= 4 is 23.5 Å². The third-order valence-electron chi connectivity index (χ3n) is 5.08. The molecular weight excluding hydrogens is 386 g/mol. The Labute approximate surface area is 174 Å². The Kier molecular flexibility index (Phi) is 6.52. The minimum atomic E-state index is -1.10. The van der Waals surface area contributed by atoms with Crippen LogP contribution in [-0.2, 0) is 9.53 Å². The Morgan fingerprint density at radius 3 is 2.53 bits per heavy atom. The van der Waals surface area contributed by atoms with E-state index < -0.39 is 29.4 Å². The molecule has 156 valence electrons. The molecule has 3 rings (SSSR count). The number of amides is 2. The Morgan fingerprint density at radius 2 is 1.87 bits per heavy atom. The van der Waals surface area contributed by atoms with Gasteiger partial charge in [-0.25, -0.2) is 4.79 Å². The van der Waals surface area contributed by atoms with Gasteiger partial charge in [-0.3, -0.25) is 9.59 Å². The van der Waals surface area contributed by atoms with E-state index in [2.05, 4.69) is 16.7 Å². The lowest BCUT2D eigenvalue weighted by molar-refractivity contribution is -0.130. The zero-order valence-corrected chi connectivity index (χ0v) is 16.6. The van der Waals surface area contributed by atoms with Crippen molar-refractivity contribution < 1.29 is 23.5 Å². The number of carbonyl (C=O) groups is 3. The first kappa shape index (κ1) is 21.1. The van der Waals surface area contributed by atoms with Gasteiger partial charge in [0.1, 0.15) is 5.54 Å². The Morgan fingerprint density at radius 1 is 1.13 bits per heavy atom. The summed E-state index contributed by atoms with van der Waals surface area (Å²) >= 11 is 0. The highest BCUT2D eigenvalue weighted by Crippen LogP contribution is 2.27. The monoisotopic (exact) mass is 409 g/mol. The van der Waals surface area contributed by atoms with Crippen molar-refractivity contribution in [1.29, 1.82) is 5.26 Å². The van der Waals surface area contributed by atoms with Crippen LogP contribution in [0.2, 0.25) is 0 Å². The molecule has 1 aliphatic carbocycles. The summed E-state index contributed by atoms with van der Waals surface area (Å²) in [5, 5.41) is 14.9. The van der Waals surface area contributed by atoms with Crippen molar-refractivity contribution in [2.45, 2.75) is 50.7 Å². The number of para-hydroxylation sites is 1. The summed E-state index contributed by atoms with van der Waals surface area (Å²) in [5.41, 5.74) is -0.577. The molecule has 1 aliphatic rings. The molecule has 0 aliphatic heterocycles. The molecule has 0 unspecified atom stereocenters. The molecule has 1 heterocycles. The van der Waals surface area contributed by atoms with E-state index in [1.54, 1.807) is 24.3 Å². The van der Waals surface area contributed by atoms with Gasteiger partial charge in [0.05, 0.1) is 23.6 Å². The number of ether oxygens (including phenoxy) is 1. The summed E-state index contributed by atoms with van der Waals surface area (Å²) in [7, 11) is 0. The van der Waals surface area contributed by atoms with Gasteiger partial charge in [0, 0.05) is 0 Å². The van der Waals surface area contributed by atoms with Crippen molar-refractivity contribution in [3.8, 4) is 6.07 Å². The molecule has 1 atom stereocenters. The maximum Gasteiger partial charge on any atom is 0.341 e. The number of hydrogen-bond donors (Lipinski definition) is 2. The highest BCUT2D eigenvalue weighted by molar-refractivity contribution is 6.07. The summed E-state index contributed by atoms with van der Waals surface area (Å²) in [4.78, 5) is 37.4. The molecule has 2 amide bonds. The molecule has 1 saturated carbocycles. The average molecular weight is 409 g/mol. The van der Waals surface area contributed by atoms with Gasteiger partial charge in [-0.05, 0) is 44.0 Å². The minimum Gasteiger partial charge on any atom is -0.459 e. The molecular formula is C22H23N3O5. The summed E-state index contributed by atoms with van der Waals surface area (Å²) in [6, 6.07) is 11.6. The number of nitriles is 1. The molecule has 0 spiro atoms. The lowest BCUT2D eigenvalue weighted by atomic mass is 9.83. The molecule has 8 nitrogen and oxygen atoms in total. The van der Waals surface area contributed by atoms with Crippen molar-refractivity contribution in [3.05, 3.63) is 54.0 Å². The van der Waals surface area contributed by atoms with Crippen molar-refractivity contribution in [1.82, 2.24) is 5.32 Å². The van der Waals surface area contributed by atoms with E-state index in [0.29, 0.717) is 12.8 Å². The van der Waals surface area contributed by atoms with E-state index in [0.717, 1.165) is 19.3 Å². The number of esters is 1. The molecule has 0 bridgehead atoms. The maximum absolute atomic E-state index is 12.6. The van der Waals surface area contributed by atoms with Crippen LogP contribution < -0.4 is 10.6 Å². The maximum atomic E-state index is 12.6. The van der Waals surface area contributed by atoms with E-state index >= 15 is 0 Å². The van der Waals surface area contributed by atoms with Crippen LogP contribution in [0.15, 0.2) is 47.1 Å². The SMILES string of the molecule is C[C@@H](OC(=O)c1ccccc1NC(=O)c1ccco1)C(=O)NC1(C#N)CCCCC1. The Bertz CT molecular complexity index is 955. The lowest BCUT2D eigenvalue weighted by Crippen LogP contribution is -2.52. The molecule has 0 saturated heterocycles. The molecule has 8 heteroatoms. The van der Waals surface area contributed by atoms with Crippen LogP contribution in [-0.4, -0.2) is 29.4 Å². The minimum absolute atomic E-state index is 0.0974. The number of furan rings is 1. The van der Waals surface area contributed by atoms with E-state index in [1.165, 1.54) is 25.3 Å². The fraction of sp³-hybridized carbons (Fsp3) is 0.364. The number of rotatable bonds is 6. The van der Waals surface area contributed by atoms with E-state index in [-0.39, 0.29) is 17.0 Å². The zero-order chi connectivity index (χ0) is 21.6. The Balaban J connectivity index is 1.66. The molecule has 1 aromatic heterocycles. The molecule has 2 aromatic rings. The first-order valence-electron chi connectivity index (χ1n) is 9.82. The van der Waals surface area contributed by atoms with Gasteiger partial charge in [-0.2, -0.15) is 5.26 Å². The van der Waals surface area contributed by atoms with Crippen molar-refractivity contribution in [2.75, 3.05) is 5.32 Å². The van der Waals surface area contributed by atoms with Gasteiger partial charge in [-0.1, -0.05) is 31.4 Å². The first-order valence-corrected chi connectivity index (χ1v) is 9.82. The Hall–Kier alpha value is -3.60. The standard InChI is InChI=1S/C22H23N3O5/c1-15(19(26)25-22(14-23)11-5-2-6-12-22)30-21(28)16-8-3-4-9-17(16)24-20(27)18-10-7-13-29-18/h3-4,7-10,13,15H,2,5-6,11-12H2,1H3,(H,24,27)(H,25,26)/t15-/m1/s1. The molecule has 0 radical (unpaired) electrons. The topological polar surface area (TPSA) is 121 Å². The second kappa shape index (κ2) is 9.27. The van der Waals surface area contributed by atoms with Crippen LogP contribution in [0, 0.1) is 11.3 Å². The molecule has 2 N–H and O–H groups in total. The van der Waals surface area contributed by atoms with Gasteiger partial charge >= 0.3 is 5.97 Å². The van der Waals surface area contributed by atoms with Crippen LogP contribution in [0.1, 0.15) is 59.9 Å². The predicted octanol–water partition coefficient (Wildman–Crippen LogP) is 3.42. The van der Waals surface area contributed by atoms with Crippen LogP contribution in [0.3, 0.4) is 0 Å². The van der Waals surface area contributed by atoms with Gasteiger partial charge in [0.2, 0.25) is 0 Å². The van der Waals surface area contributed by atoms with Crippen LogP contribution >= 0.6 is 0 Å². The van der Waals surface area contributed by atoms with Gasteiger partial charge in [0.15, 0.2) is 11.9 Å². The third kappa shape index (κ3) is 4.87. The molecule has 1 fully saturated rings. The number of nitrogens with one attached hydrogen (secondary N) is 2. The highest BCUT2D eigenvalue weighted by Gasteiger charge is 2.35. The van der Waals surface area contributed by atoms with Crippen molar-refractivity contribution in [2.24, 2.45) is 0 Å². The normalized spacial score (nSPS) is 16.0. The molecule has 30 heavy (non-hydrogen) atoms. The lowest BCUT2D eigenvalue weighted by Gasteiger charge is -2.32. The average Bonchev–Trinajstić information content (AvgIpc) is 3.30. The predicted molar refractivity (Wildman–Crippen MR) is 108 cm³/mol. The largest absolute Gasteiger partial charge is 0.459 e. The van der Waals surface area contributed by atoms with Crippen molar-refractivity contribution in [3.63, 3.8) is 0 Å². The summed E-state index contributed by atoms with van der Waals surface area (Å²) < 4.78 is 10.4. The number of hydrogen-bond acceptors (Lipinski definition) is 6. The number of carbonyl (C=O) groups excluding carboxylic acids is 3. The second-order valence-corrected chi connectivity index (χ2v) is 7.27. The van der Waals surface area contributed by atoms with Gasteiger partial charge in [-0.15, -0.1) is 0 Å². The van der Waals surface area contributed by atoms with E-state index in [1.807, 2.05) is 0 Å². The van der Waals surface area contributed by atoms with Gasteiger partial charge < -0.3 is 19.8 Å². The smallest absolute Gasteiger partial charge is 0.341 e. The van der Waals surface area contributed by atoms with Crippen LogP contribution in [0.25, 0.3) is 0 Å². The summed E-state index contributed by atoms with van der Waals surface area (Å²) in [6.45, 7) is 1.45. The van der Waals surface area contributed by atoms with Crippen LogP contribution in [0.4, 0.5) is 5.69 Å². The second-order valence-electron chi connectivity index (χ2n) is 7.27. The summed E-state index contributed by atoms with van der Waals surface area (Å²) in [6.07, 6.45) is 4.20. The van der Waals surface area contributed by atoms with E-state index in [4.69, 9.17) is 9.15 Å². The van der Waals surface area contributed by atoms with Crippen LogP contribution in [0.5, 0.6) is 0 Å². The van der Waals surface area contributed by atoms with E-state index in [9.17, 15) is 19.6 Å². The van der Waals surface area contributed by atoms with Gasteiger partial charge in [0.25, 0.3) is 11.8 Å². The number of anilines is 1. The fourth-order valence-electron chi connectivity index (χ4n) is 3.40. The highest BCUT2D eigenvalue weighted by atomic mass is 16.5. The third-order valence-corrected chi connectivity index (χ3v) is 5.08. The number of benzene rings is 1. The fourth-order valence-corrected chi connectivity index (χ4v) is 3.40. The molecule has 1 aromatic carbocycles. The first-order chi connectivity index (χ1) is 14.4. The zero-order valence-electron chi connectivity index (χ0n) is 16.6. The quantitative estimate of drug-likeness (QED) is 0.705.